The summed E-state index contributed by atoms with van der Waals surface area (Å²) >= 11 is 1.69. The molecule has 1 aromatic carbocycles. The van der Waals surface area contributed by atoms with Crippen molar-refractivity contribution in [2.75, 3.05) is 24.4 Å². The van der Waals surface area contributed by atoms with Crippen LogP contribution in [0.25, 0.3) is 0 Å². The Bertz CT molecular complexity index is 525. The minimum atomic E-state index is -1.42. The summed E-state index contributed by atoms with van der Waals surface area (Å²) in [6, 6.07) is 3.31. The van der Waals surface area contributed by atoms with Crippen LogP contribution in [-0.2, 0) is 0 Å². The molecule has 1 atom stereocenters. The highest BCUT2D eigenvalue weighted by molar-refractivity contribution is 7.98. The number of aromatic carboxylic acids is 1. The predicted octanol–water partition coefficient (Wildman–Crippen LogP) is 3.13. The molecule has 116 valence electrons. The van der Waals surface area contributed by atoms with Gasteiger partial charge in [0.1, 0.15) is 11.4 Å². The van der Waals surface area contributed by atoms with Gasteiger partial charge in [0.25, 0.3) is 0 Å². The second kappa shape index (κ2) is 7.87. The number of carboxylic acid groups (broad SMARTS) is 1. The maximum atomic E-state index is 13.5. The largest absolute Gasteiger partial charge is 0.478 e. The molecule has 1 rings (SSSR count). The minimum absolute atomic E-state index is 0.000660. The number of nitrogens with one attached hydrogen (secondary N) is 1. The first-order valence-corrected chi connectivity index (χ1v) is 7.82. The van der Waals surface area contributed by atoms with Crippen molar-refractivity contribution in [1.82, 2.24) is 4.90 Å². The fourth-order valence-electron chi connectivity index (χ4n) is 1.73. The molecule has 0 saturated carbocycles. The number of hydrogen-bond donors (Lipinski definition) is 2. The Morgan fingerprint density at radius 2 is 2.14 bits per heavy atom. The van der Waals surface area contributed by atoms with Crippen molar-refractivity contribution < 1.29 is 19.1 Å². The van der Waals surface area contributed by atoms with Crippen molar-refractivity contribution in [3.8, 4) is 0 Å². The first kappa shape index (κ1) is 17.3. The van der Waals surface area contributed by atoms with Crippen molar-refractivity contribution in [1.29, 1.82) is 0 Å². The van der Waals surface area contributed by atoms with Crippen LogP contribution in [-0.4, -0.2) is 47.1 Å². The van der Waals surface area contributed by atoms with Crippen molar-refractivity contribution in [3.05, 3.63) is 29.6 Å². The van der Waals surface area contributed by atoms with E-state index in [1.165, 1.54) is 17.0 Å². The second-order valence-electron chi connectivity index (χ2n) is 4.64. The number of halogens is 1. The minimum Gasteiger partial charge on any atom is -0.478 e. The molecule has 0 aliphatic rings. The molecular weight excluding hydrogens is 295 g/mol. The number of rotatable bonds is 6. The van der Waals surface area contributed by atoms with Gasteiger partial charge in [-0.2, -0.15) is 11.8 Å². The number of carbonyl (C=O) groups excluding carboxylic acids is 1. The number of nitrogens with zero attached hydrogens (tertiary/aromatic N) is 1. The van der Waals surface area contributed by atoms with E-state index in [0.29, 0.717) is 0 Å². The van der Waals surface area contributed by atoms with E-state index in [2.05, 4.69) is 5.32 Å². The molecule has 1 unspecified atom stereocenters. The molecule has 0 heterocycles. The molecule has 0 aliphatic heterocycles. The summed E-state index contributed by atoms with van der Waals surface area (Å²) in [5.74, 6) is -1.38. The van der Waals surface area contributed by atoms with Crippen LogP contribution in [0.4, 0.5) is 14.9 Å². The van der Waals surface area contributed by atoms with E-state index in [1.54, 1.807) is 18.8 Å². The Kier molecular flexibility index (Phi) is 6.48. The molecule has 0 fully saturated rings. The molecule has 1 aromatic rings. The quantitative estimate of drug-likeness (QED) is 0.846. The van der Waals surface area contributed by atoms with Gasteiger partial charge in [-0.15, -0.1) is 0 Å². The molecular formula is C14H19FN2O3S. The van der Waals surface area contributed by atoms with Crippen LogP contribution in [0.3, 0.4) is 0 Å². The lowest BCUT2D eigenvalue weighted by Crippen LogP contribution is -2.38. The Balaban J connectivity index is 2.84. The molecule has 0 aromatic heterocycles. The van der Waals surface area contributed by atoms with Crippen molar-refractivity contribution in [3.63, 3.8) is 0 Å². The van der Waals surface area contributed by atoms with E-state index in [4.69, 9.17) is 5.11 Å². The van der Waals surface area contributed by atoms with Gasteiger partial charge in [0.05, 0.1) is 5.69 Å². The predicted molar refractivity (Wildman–Crippen MR) is 82.6 cm³/mol. The molecule has 2 amide bonds. The van der Waals surface area contributed by atoms with Crippen LogP contribution in [0.1, 0.15) is 23.7 Å². The van der Waals surface area contributed by atoms with Crippen LogP contribution in [0.15, 0.2) is 18.2 Å². The average Bonchev–Trinajstić information content (AvgIpc) is 2.43. The van der Waals surface area contributed by atoms with E-state index >= 15 is 0 Å². The van der Waals surface area contributed by atoms with E-state index < -0.39 is 23.4 Å². The van der Waals surface area contributed by atoms with Gasteiger partial charge in [0, 0.05) is 13.1 Å². The Hall–Kier alpha value is -1.76. The summed E-state index contributed by atoms with van der Waals surface area (Å²) in [4.78, 5) is 24.6. The topological polar surface area (TPSA) is 69.6 Å². The zero-order chi connectivity index (χ0) is 16.0. The van der Waals surface area contributed by atoms with Crippen molar-refractivity contribution in [2.45, 2.75) is 19.4 Å². The van der Waals surface area contributed by atoms with Gasteiger partial charge >= 0.3 is 12.0 Å². The number of hydrogen-bond acceptors (Lipinski definition) is 3. The molecule has 0 aliphatic carbocycles. The summed E-state index contributed by atoms with van der Waals surface area (Å²) in [6.45, 7) is 1.90. The molecule has 0 spiro atoms. The third-order valence-corrected chi connectivity index (χ3v) is 3.83. The Morgan fingerprint density at radius 3 is 2.71 bits per heavy atom. The smallest absolute Gasteiger partial charge is 0.340 e. The van der Waals surface area contributed by atoms with E-state index in [-0.39, 0.29) is 11.7 Å². The zero-order valence-corrected chi connectivity index (χ0v) is 13.0. The normalized spacial score (nSPS) is 11.8. The molecule has 7 heteroatoms. The first-order chi connectivity index (χ1) is 9.88. The van der Waals surface area contributed by atoms with Crippen LogP contribution in [0, 0.1) is 5.82 Å². The van der Waals surface area contributed by atoms with Gasteiger partial charge in [0.2, 0.25) is 0 Å². The zero-order valence-electron chi connectivity index (χ0n) is 12.2. The number of thioether (sulfide) groups is 1. The van der Waals surface area contributed by atoms with Gasteiger partial charge in [0.15, 0.2) is 0 Å². The Morgan fingerprint density at radius 1 is 1.48 bits per heavy atom. The third kappa shape index (κ3) is 4.63. The first-order valence-electron chi connectivity index (χ1n) is 6.43. The van der Waals surface area contributed by atoms with Crippen molar-refractivity contribution >= 4 is 29.4 Å². The maximum Gasteiger partial charge on any atom is 0.340 e. The highest BCUT2D eigenvalue weighted by atomic mass is 32.2. The van der Waals surface area contributed by atoms with Crippen LogP contribution in [0.5, 0.6) is 0 Å². The number of anilines is 1. The summed E-state index contributed by atoms with van der Waals surface area (Å²) in [7, 11) is 1.63. The van der Waals surface area contributed by atoms with E-state index in [9.17, 15) is 14.0 Å². The fourth-order valence-corrected chi connectivity index (χ4v) is 2.31. The second-order valence-corrected chi connectivity index (χ2v) is 5.62. The summed E-state index contributed by atoms with van der Waals surface area (Å²) < 4.78 is 13.5. The van der Waals surface area contributed by atoms with Crippen LogP contribution in [0.2, 0.25) is 0 Å². The lowest BCUT2D eigenvalue weighted by molar-refractivity contribution is 0.0693. The average molecular weight is 314 g/mol. The van der Waals surface area contributed by atoms with Crippen molar-refractivity contribution in [2.24, 2.45) is 0 Å². The monoisotopic (exact) mass is 314 g/mol. The lowest BCUT2D eigenvalue weighted by atomic mass is 10.1. The number of carboxylic acids is 1. The van der Waals surface area contributed by atoms with E-state index in [0.717, 1.165) is 18.2 Å². The van der Waals surface area contributed by atoms with Gasteiger partial charge < -0.3 is 15.3 Å². The van der Waals surface area contributed by atoms with Gasteiger partial charge in [-0.3, -0.25) is 0 Å². The number of carbonyl (C=O) groups is 2. The maximum absolute atomic E-state index is 13.5. The highest BCUT2D eigenvalue weighted by Gasteiger charge is 2.20. The summed E-state index contributed by atoms with van der Waals surface area (Å²) in [5.41, 5.74) is -0.576. The lowest BCUT2D eigenvalue weighted by Gasteiger charge is -2.25. The standard InChI is InChI=1S/C14H19FN2O3S/c1-9(7-8-21-3)17(2)14(20)16-11-6-4-5-10(15)12(11)13(18)19/h4-6,9H,7-8H2,1-3H3,(H,16,20)(H,18,19). The summed E-state index contributed by atoms with van der Waals surface area (Å²) in [5, 5.41) is 11.5. The molecule has 0 saturated heterocycles. The molecule has 21 heavy (non-hydrogen) atoms. The molecule has 5 nitrogen and oxygen atoms in total. The van der Waals surface area contributed by atoms with Gasteiger partial charge in [-0.25, -0.2) is 14.0 Å². The molecule has 2 N–H and O–H groups in total. The number of urea groups is 1. The Labute approximate surface area is 127 Å². The third-order valence-electron chi connectivity index (χ3n) is 3.19. The fraction of sp³-hybridized carbons (Fsp3) is 0.429. The van der Waals surface area contributed by atoms with Gasteiger partial charge in [-0.05, 0) is 37.5 Å². The number of amides is 2. The molecule has 0 radical (unpaired) electrons. The summed E-state index contributed by atoms with van der Waals surface area (Å²) in [6.07, 6.45) is 2.80. The highest BCUT2D eigenvalue weighted by Crippen LogP contribution is 2.20. The molecule has 0 bridgehead atoms. The van der Waals surface area contributed by atoms with Gasteiger partial charge in [-0.1, -0.05) is 6.07 Å². The van der Waals surface area contributed by atoms with Crippen LogP contribution < -0.4 is 5.32 Å². The SMILES string of the molecule is CSCCC(C)N(C)C(=O)Nc1cccc(F)c1C(=O)O. The van der Waals surface area contributed by atoms with Crippen LogP contribution >= 0.6 is 11.8 Å². The van der Waals surface area contributed by atoms with E-state index in [1.807, 2.05) is 13.2 Å². The number of benzene rings is 1.